The number of carboxylic acid groups (broad SMARTS) is 1. The molecule has 0 saturated heterocycles. The summed E-state index contributed by atoms with van der Waals surface area (Å²) in [4.78, 5) is 10.6. The Bertz CT molecular complexity index is 736. The molecule has 0 aliphatic carbocycles. The van der Waals surface area contributed by atoms with E-state index in [0.717, 1.165) is 11.6 Å². The van der Waals surface area contributed by atoms with Gasteiger partial charge < -0.3 is 14.6 Å². The summed E-state index contributed by atoms with van der Waals surface area (Å²) in [7, 11) is 0. The molecule has 1 N–H and O–H groups in total. The average Bonchev–Trinajstić information content (AvgIpc) is 2.54. The topological polar surface area (TPSA) is 55.8 Å². The Balaban J connectivity index is 2.23. The van der Waals surface area contributed by atoms with Gasteiger partial charge in [0.2, 0.25) is 0 Å². The van der Waals surface area contributed by atoms with Crippen molar-refractivity contribution in [2.75, 3.05) is 6.61 Å². The summed E-state index contributed by atoms with van der Waals surface area (Å²) in [6, 6.07) is 11.4. The van der Waals surface area contributed by atoms with E-state index in [9.17, 15) is 4.79 Å². The summed E-state index contributed by atoms with van der Waals surface area (Å²) < 4.78 is 11.4. The Morgan fingerprint density at radius 1 is 1.21 bits per heavy atom. The average molecular weight is 347 g/mol. The minimum absolute atomic E-state index is 0.365. The third-order valence-electron chi connectivity index (χ3n) is 3.25. The molecular formula is C19H19ClO4. The van der Waals surface area contributed by atoms with Gasteiger partial charge >= 0.3 is 5.97 Å². The molecular weight excluding hydrogens is 328 g/mol. The predicted molar refractivity (Wildman–Crippen MR) is 94.8 cm³/mol. The van der Waals surface area contributed by atoms with Crippen molar-refractivity contribution in [3.05, 3.63) is 64.2 Å². The number of aliphatic carboxylic acids is 1. The zero-order chi connectivity index (χ0) is 17.5. The van der Waals surface area contributed by atoms with Crippen LogP contribution in [-0.2, 0) is 11.4 Å². The Morgan fingerprint density at radius 2 is 1.92 bits per heavy atom. The van der Waals surface area contributed by atoms with Crippen LogP contribution in [0.5, 0.6) is 11.5 Å². The lowest BCUT2D eigenvalue weighted by molar-refractivity contribution is -0.131. The molecule has 0 spiro atoms. The van der Waals surface area contributed by atoms with Gasteiger partial charge in [-0.1, -0.05) is 41.4 Å². The fourth-order valence-electron chi connectivity index (χ4n) is 2.09. The van der Waals surface area contributed by atoms with Crippen molar-refractivity contribution in [1.82, 2.24) is 0 Å². The van der Waals surface area contributed by atoms with Crippen LogP contribution in [0.3, 0.4) is 0 Å². The lowest BCUT2D eigenvalue weighted by Crippen LogP contribution is -2.01. The van der Waals surface area contributed by atoms with Crippen LogP contribution >= 0.6 is 11.6 Å². The van der Waals surface area contributed by atoms with E-state index in [1.54, 1.807) is 12.1 Å². The van der Waals surface area contributed by atoms with Crippen LogP contribution < -0.4 is 9.47 Å². The number of carbonyl (C=O) groups is 1. The van der Waals surface area contributed by atoms with Crippen LogP contribution in [0, 0.1) is 6.92 Å². The van der Waals surface area contributed by atoms with Crippen molar-refractivity contribution in [2.45, 2.75) is 20.5 Å². The number of aryl methyl sites for hydroxylation is 1. The summed E-state index contributed by atoms with van der Waals surface area (Å²) in [6.45, 7) is 4.70. The molecule has 0 bridgehead atoms. The molecule has 0 unspecified atom stereocenters. The van der Waals surface area contributed by atoms with E-state index in [4.69, 9.17) is 26.2 Å². The monoisotopic (exact) mass is 346 g/mol. The van der Waals surface area contributed by atoms with Gasteiger partial charge in [0.25, 0.3) is 0 Å². The first-order valence-corrected chi connectivity index (χ1v) is 7.93. The molecule has 0 amide bonds. The van der Waals surface area contributed by atoms with Gasteiger partial charge in [-0.2, -0.15) is 0 Å². The molecule has 2 aromatic carbocycles. The third-order valence-corrected chi connectivity index (χ3v) is 3.53. The van der Waals surface area contributed by atoms with Crippen LogP contribution in [-0.4, -0.2) is 17.7 Å². The molecule has 4 nitrogen and oxygen atoms in total. The first kappa shape index (κ1) is 17.9. The van der Waals surface area contributed by atoms with Crippen molar-refractivity contribution in [3.63, 3.8) is 0 Å². The zero-order valence-electron chi connectivity index (χ0n) is 13.6. The minimum atomic E-state index is -1.02. The van der Waals surface area contributed by atoms with Crippen LogP contribution in [0.4, 0.5) is 0 Å². The Labute approximate surface area is 146 Å². The molecule has 24 heavy (non-hydrogen) atoms. The van der Waals surface area contributed by atoms with Crippen molar-refractivity contribution in [2.24, 2.45) is 0 Å². The largest absolute Gasteiger partial charge is 0.490 e. The highest BCUT2D eigenvalue weighted by Crippen LogP contribution is 2.37. The second-order valence-corrected chi connectivity index (χ2v) is 5.62. The maximum atomic E-state index is 10.6. The number of carboxylic acids is 1. The van der Waals surface area contributed by atoms with E-state index < -0.39 is 5.97 Å². The highest BCUT2D eigenvalue weighted by Gasteiger charge is 2.12. The van der Waals surface area contributed by atoms with Gasteiger partial charge in [0.1, 0.15) is 6.61 Å². The van der Waals surface area contributed by atoms with Crippen LogP contribution in [0.2, 0.25) is 5.02 Å². The van der Waals surface area contributed by atoms with E-state index in [0.29, 0.717) is 35.3 Å². The minimum Gasteiger partial charge on any atom is -0.490 e. The molecule has 0 aliphatic heterocycles. The molecule has 0 radical (unpaired) electrons. The zero-order valence-corrected chi connectivity index (χ0v) is 14.3. The summed E-state index contributed by atoms with van der Waals surface area (Å²) in [6.07, 6.45) is 2.51. The lowest BCUT2D eigenvalue weighted by Gasteiger charge is -2.14. The summed E-state index contributed by atoms with van der Waals surface area (Å²) in [5.74, 6) is -0.0857. The number of benzene rings is 2. The van der Waals surface area contributed by atoms with Gasteiger partial charge in [0.05, 0.1) is 11.6 Å². The molecule has 0 fully saturated rings. The molecule has 126 valence electrons. The van der Waals surface area contributed by atoms with Gasteiger partial charge in [-0.05, 0) is 43.2 Å². The standard InChI is InChI=1S/C19H19ClO4/c1-3-23-17-11-15(8-9-18(21)22)10-16(20)19(17)24-12-14-6-4-13(2)5-7-14/h4-11H,3,12H2,1-2H3,(H,21,22). The molecule has 0 aromatic heterocycles. The number of ether oxygens (including phenoxy) is 2. The maximum Gasteiger partial charge on any atom is 0.328 e. The number of halogens is 1. The smallest absolute Gasteiger partial charge is 0.328 e. The van der Waals surface area contributed by atoms with E-state index >= 15 is 0 Å². The Morgan fingerprint density at radius 3 is 2.54 bits per heavy atom. The van der Waals surface area contributed by atoms with Crippen molar-refractivity contribution >= 4 is 23.6 Å². The van der Waals surface area contributed by atoms with Crippen LogP contribution in [0.25, 0.3) is 6.08 Å². The van der Waals surface area contributed by atoms with E-state index in [1.165, 1.54) is 11.6 Å². The first-order valence-electron chi connectivity index (χ1n) is 7.55. The highest BCUT2D eigenvalue weighted by molar-refractivity contribution is 6.32. The van der Waals surface area contributed by atoms with E-state index in [1.807, 2.05) is 38.1 Å². The van der Waals surface area contributed by atoms with Gasteiger partial charge in [-0.25, -0.2) is 4.79 Å². The molecule has 2 aromatic rings. The molecule has 0 heterocycles. The Hall–Kier alpha value is -2.46. The normalized spacial score (nSPS) is 10.8. The quantitative estimate of drug-likeness (QED) is 0.737. The van der Waals surface area contributed by atoms with Gasteiger partial charge in [-0.15, -0.1) is 0 Å². The molecule has 0 saturated carbocycles. The van der Waals surface area contributed by atoms with Crippen molar-refractivity contribution in [3.8, 4) is 11.5 Å². The Kier molecular flexibility index (Phi) is 6.27. The van der Waals surface area contributed by atoms with Crippen LogP contribution in [0.1, 0.15) is 23.6 Å². The molecule has 2 rings (SSSR count). The maximum absolute atomic E-state index is 10.6. The van der Waals surface area contributed by atoms with Crippen molar-refractivity contribution < 1.29 is 19.4 Å². The van der Waals surface area contributed by atoms with Gasteiger partial charge in [0, 0.05) is 6.08 Å². The second kappa shape index (κ2) is 8.41. The lowest BCUT2D eigenvalue weighted by atomic mass is 10.1. The number of rotatable bonds is 7. The molecule has 0 atom stereocenters. The van der Waals surface area contributed by atoms with E-state index in [2.05, 4.69) is 0 Å². The number of hydrogen-bond acceptors (Lipinski definition) is 3. The SMILES string of the molecule is CCOc1cc(C=CC(=O)O)cc(Cl)c1OCc1ccc(C)cc1. The van der Waals surface area contributed by atoms with Gasteiger partial charge in [-0.3, -0.25) is 0 Å². The van der Waals surface area contributed by atoms with Crippen molar-refractivity contribution in [1.29, 1.82) is 0 Å². The third kappa shape index (κ3) is 5.03. The highest BCUT2D eigenvalue weighted by atomic mass is 35.5. The summed E-state index contributed by atoms with van der Waals surface area (Å²) in [5.41, 5.74) is 2.84. The number of hydrogen-bond donors (Lipinski definition) is 1. The fraction of sp³-hybridized carbons (Fsp3) is 0.211. The summed E-state index contributed by atoms with van der Waals surface area (Å²) in [5, 5.41) is 9.10. The fourth-order valence-corrected chi connectivity index (χ4v) is 2.37. The molecule has 5 heteroatoms. The predicted octanol–water partition coefficient (Wildman–Crippen LogP) is 4.72. The van der Waals surface area contributed by atoms with Crippen LogP contribution in [0.15, 0.2) is 42.5 Å². The molecule has 0 aliphatic rings. The second-order valence-electron chi connectivity index (χ2n) is 5.21. The van der Waals surface area contributed by atoms with E-state index in [-0.39, 0.29) is 0 Å². The summed E-state index contributed by atoms with van der Waals surface area (Å²) >= 11 is 6.29. The first-order chi connectivity index (χ1) is 11.5. The van der Waals surface area contributed by atoms with Gasteiger partial charge in [0.15, 0.2) is 11.5 Å².